The van der Waals surface area contributed by atoms with E-state index in [0.717, 1.165) is 20.2 Å². The van der Waals surface area contributed by atoms with Gasteiger partial charge < -0.3 is 0 Å². The van der Waals surface area contributed by atoms with E-state index in [0.29, 0.717) is 16.5 Å². The summed E-state index contributed by atoms with van der Waals surface area (Å²) in [7, 11) is 0. The Kier molecular flexibility index (Phi) is 5.84. The summed E-state index contributed by atoms with van der Waals surface area (Å²) < 4.78 is 1.79. The van der Waals surface area contributed by atoms with Crippen molar-refractivity contribution in [1.82, 2.24) is 10.4 Å². The zero-order valence-corrected chi connectivity index (χ0v) is 14.9. The molecule has 1 aromatic heterocycles. The van der Waals surface area contributed by atoms with E-state index >= 15 is 0 Å². The first kappa shape index (κ1) is 16.2. The molecule has 0 aliphatic rings. The number of hydrogen-bond acceptors (Lipinski definition) is 3. The lowest BCUT2D eigenvalue weighted by molar-refractivity contribution is 0.536. The fourth-order valence-electron chi connectivity index (χ4n) is 1.82. The number of hydrazine groups is 1. The van der Waals surface area contributed by atoms with Crippen LogP contribution in [0.4, 0.5) is 0 Å². The molecule has 0 aliphatic heterocycles. The Morgan fingerprint density at radius 1 is 1.20 bits per heavy atom. The fourth-order valence-corrected chi connectivity index (χ4v) is 3.40. The molecule has 2 rings (SSSR count). The molecule has 3 N–H and O–H groups in total. The van der Waals surface area contributed by atoms with Crippen molar-refractivity contribution in [2.45, 2.75) is 12.5 Å². The number of hydrogen-bond donors (Lipinski definition) is 2. The molecule has 2 aromatic rings. The molecule has 1 atom stereocenters. The number of nitrogens with two attached hydrogens (primary N) is 1. The molecule has 0 bridgehead atoms. The van der Waals surface area contributed by atoms with Gasteiger partial charge in [-0.1, -0.05) is 29.3 Å². The maximum absolute atomic E-state index is 6.02. The maximum atomic E-state index is 6.02. The van der Waals surface area contributed by atoms with Crippen molar-refractivity contribution in [3.05, 3.63) is 60.7 Å². The Bertz CT molecular complexity index is 623. The van der Waals surface area contributed by atoms with Crippen LogP contribution in [0.5, 0.6) is 0 Å². The summed E-state index contributed by atoms with van der Waals surface area (Å²) in [5.74, 6) is 5.65. The minimum Gasteiger partial charge on any atom is -0.271 e. The van der Waals surface area contributed by atoms with Crippen molar-refractivity contribution >= 4 is 55.1 Å². The van der Waals surface area contributed by atoms with Gasteiger partial charge in [-0.2, -0.15) is 0 Å². The van der Waals surface area contributed by atoms with Crippen molar-refractivity contribution in [3.8, 4) is 0 Å². The van der Waals surface area contributed by atoms with Crippen LogP contribution in [0.15, 0.2) is 39.4 Å². The highest BCUT2D eigenvalue weighted by Gasteiger charge is 2.16. The minimum absolute atomic E-state index is 0.130. The van der Waals surface area contributed by atoms with Gasteiger partial charge in [-0.15, -0.1) is 0 Å². The summed E-state index contributed by atoms with van der Waals surface area (Å²) in [5.41, 5.74) is 4.64. The molecule has 1 aromatic carbocycles. The SMILES string of the molecule is NNC(Cc1ccc(Cl)c(Cl)c1)c1ncc(Br)cc1Br. The predicted molar refractivity (Wildman–Crippen MR) is 89.9 cm³/mol. The molecule has 3 nitrogen and oxygen atoms in total. The average Bonchev–Trinajstić information content (AvgIpc) is 2.41. The average molecular weight is 440 g/mol. The van der Waals surface area contributed by atoms with Gasteiger partial charge in [0.05, 0.1) is 21.8 Å². The number of nitrogens with zero attached hydrogens (tertiary/aromatic N) is 1. The number of benzene rings is 1. The Hall–Kier alpha value is -0.170. The number of rotatable bonds is 4. The van der Waals surface area contributed by atoms with Gasteiger partial charge in [0.15, 0.2) is 0 Å². The summed E-state index contributed by atoms with van der Waals surface area (Å²) in [6.07, 6.45) is 2.39. The summed E-state index contributed by atoms with van der Waals surface area (Å²) in [4.78, 5) is 4.39. The second-order valence-corrected chi connectivity index (χ2v) is 6.78. The van der Waals surface area contributed by atoms with Crippen molar-refractivity contribution in [2.75, 3.05) is 0 Å². The van der Waals surface area contributed by atoms with Crippen LogP contribution >= 0.6 is 55.1 Å². The quantitative estimate of drug-likeness (QED) is 0.538. The van der Waals surface area contributed by atoms with E-state index in [4.69, 9.17) is 29.0 Å². The Labute approximate surface area is 144 Å². The summed E-state index contributed by atoms with van der Waals surface area (Å²) in [6, 6.07) is 7.33. The highest BCUT2D eigenvalue weighted by molar-refractivity contribution is 9.11. The molecule has 20 heavy (non-hydrogen) atoms. The molecule has 0 spiro atoms. The molecule has 0 fully saturated rings. The van der Waals surface area contributed by atoms with Gasteiger partial charge in [0.25, 0.3) is 0 Å². The van der Waals surface area contributed by atoms with E-state index in [1.165, 1.54) is 0 Å². The van der Waals surface area contributed by atoms with Gasteiger partial charge in [-0.05, 0) is 62.0 Å². The summed E-state index contributed by atoms with van der Waals surface area (Å²) in [5, 5.41) is 1.07. The fraction of sp³-hybridized carbons (Fsp3) is 0.154. The van der Waals surface area contributed by atoms with Gasteiger partial charge in [0.1, 0.15) is 0 Å². The van der Waals surface area contributed by atoms with Crippen molar-refractivity contribution in [1.29, 1.82) is 0 Å². The van der Waals surface area contributed by atoms with E-state index in [1.54, 1.807) is 12.3 Å². The van der Waals surface area contributed by atoms with Crippen molar-refractivity contribution < 1.29 is 0 Å². The Balaban J connectivity index is 2.26. The van der Waals surface area contributed by atoms with Crippen LogP contribution in [0.3, 0.4) is 0 Å². The third-order valence-corrected chi connectivity index (χ3v) is 4.60. The van der Waals surface area contributed by atoms with Crippen molar-refractivity contribution in [3.63, 3.8) is 0 Å². The smallest absolute Gasteiger partial charge is 0.0732 e. The third kappa shape index (κ3) is 3.93. The van der Waals surface area contributed by atoms with Gasteiger partial charge in [0.2, 0.25) is 0 Å². The minimum atomic E-state index is -0.130. The van der Waals surface area contributed by atoms with Gasteiger partial charge in [0, 0.05) is 15.1 Å². The van der Waals surface area contributed by atoms with E-state index < -0.39 is 0 Å². The number of pyridine rings is 1. The summed E-state index contributed by atoms with van der Waals surface area (Å²) >= 11 is 18.8. The Morgan fingerprint density at radius 3 is 2.55 bits per heavy atom. The zero-order chi connectivity index (χ0) is 14.7. The van der Waals surface area contributed by atoms with E-state index in [1.807, 2.05) is 18.2 Å². The van der Waals surface area contributed by atoms with Gasteiger partial charge in [-0.25, -0.2) is 0 Å². The third-order valence-electron chi connectivity index (χ3n) is 2.79. The lowest BCUT2D eigenvalue weighted by Crippen LogP contribution is -2.30. The molecule has 0 saturated carbocycles. The van der Waals surface area contributed by atoms with Crippen LogP contribution in [0.2, 0.25) is 10.0 Å². The maximum Gasteiger partial charge on any atom is 0.0732 e. The first-order valence-corrected chi connectivity index (χ1v) is 8.06. The monoisotopic (exact) mass is 437 g/mol. The van der Waals surface area contributed by atoms with E-state index in [9.17, 15) is 0 Å². The van der Waals surface area contributed by atoms with Crippen LogP contribution in [0.25, 0.3) is 0 Å². The largest absolute Gasteiger partial charge is 0.271 e. The molecule has 1 heterocycles. The standard InChI is InChI=1S/C13H11Br2Cl2N3/c14-8-5-9(15)13(19-6-8)12(20-18)4-7-1-2-10(16)11(17)3-7/h1-3,5-6,12,20H,4,18H2. The molecule has 7 heteroatoms. The van der Waals surface area contributed by atoms with Crippen LogP contribution < -0.4 is 11.3 Å². The molecule has 0 amide bonds. The lowest BCUT2D eigenvalue weighted by atomic mass is 10.0. The molecular formula is C13H11Br2Cl2N3. The highest BCUT2D eigenvalue weighted by atomic mass is 79.9. The Morgan fingerprint density at radius 2 is 1.95 bits per heavy atom. The molecule has 0 saturated heterocycles. The van der Waals surface area contributed by atoms with Gasteiger partial charge >= 0.3 is 0 Å². The van der Waals surface area contributed by atoms with Gasteiger partial charge in [-0.3, -0.25) is 16.3 Å². The highest BCUT2D eigenvalue weighted by Crippen LogP contribution is 2.28. The lowest BCUT2D eigenvalue weighted by Gasteiger charge is -2.17. The molecule has 0 radical (unpaired) electrons. The second-order valence-electron chi connectivity index (χ2n) is 4.19. The normalized spacial score (nSPS) is 12.4. The van der Waals surface area contributed by atoms with Crippen LogP contribution in [0, 0.1) is 0 Å². The molecular weight excluding hydrogens is 429 g/mol. The topological polar surface area (TPSA) is 50.9 Å². The molecule has 106 valence electrons. The van der Waals surface area contributed by atoms with Crippen LogP contribution in [0.1, 0.15) is 17.3 Å². The second kappa shape index (κ2) is 7.20. The first-order valence-electron chi connectivity index (χ1n) is 5.72. The van der Waals surface area contributed by atoms with Crippen molar-refractivity contribution in [2.24, 2.45) is 5.84 Å². The summed E-state index contributed by atoms with van der Waals surface area (Å²) in [6.45, 7) is 0. The number of aromatic nitrogens is 1. The molecule has 1 unspecified atom stereocenters. The predicted octanol–water partition coefficient (Wildman–Crippen LogP) is 4.66. The molecule has 0 aliphatic carbocycles. The number of nitrogens with one attached hydrogen (secondary N) is 1. The van der Waals surface area contributed by atoms with E-state index in [2.05, 4.69) is 42.3 Å². The zero-order valence-electron chi connectivity index (χ0n) is 10.2. The van der Waals surface area contributed by atoms with Crippen LogP contribution in [-0.2, 0) is 6.42 Å². The number of halogens is 4. The first-order chi connectivity index (χ1) is 9.51. The van der Waals surface area contributed by atoms with E-state index in [-0.39, 0.29) is 6.04 Å². The van der Waals surface area contributed by atoms with Crippen LogP contribution in [-0.4, -0.2) is 4.98 Å².